The van der Waals surface area contributed by atoms with E-state index in [2.05, 4.69) is 120 Å². The van der Waals surface area contributed by atoms with Crippen LogP contribution in [0.3, 0.4) is 0 Å². The van der Waals surface area contributed by atoms with E-state index in [0.717, 1.165) is 31.6 Å². The van der Waals surface area contributed by atoms with Gasteiger partial charge in [-0.1, -0.05) is 106 Å². The van der Waals surface area contributed by atoms with Gasteiger partial charge < -0.3 is 15.2 Å². The summed E-state index contributed by atoms with van der Waals surface area (Å²) >= 11 is 0. The second-order valence-electron chi connectivity index (χ2n) is 11.9. The maximum Gasteiger partial charge on any atom is 0.0736 e. The van der Waals surface area contributed by atoms with E-state index in [1.54, 1.807) is 0 Å². The molecule has 4 aromatic carbocycles. The molecule has 2 heterocycles. The maximum atomic E-state index is 6.85. The Bertz CT molecular complexity index is 1920. The summed E-state index contributed by atoms with van der Waals surface area (Å²) < 4.78 is 2.51. The molecule has 0 saturated heterocycles. The van der Waals surface area contributed by atoms with Gasteiger partial charge >= 0.3 is 0 Å². The summed E-state index contributed by atoms with van der Waals surface area (Å²) in [5.74, 6) is 0. The van der Waals surface area contributed by atoms with E-state index in [0.29, 0.717) is 0 Å². The quantitative estimate of drug-likeness (QED) is 0.198. The molecule has 1 atom stereocenters. The number of aromatic nitrogens is 1. The van der Waals surface area contributed by atoms with Crippen molar-refractivity contribution >= 4 is 44.2 Å². The van der Waals surface area contributed by atoms with Gasteiger partial charge in [0.1, 0.15) is 0 Å². The highest BCUT2D eigenvalue weighted by atomic mass is 15.2. The number of hydrogen-bond acceptors (Lipinski definition) is 2. The van der Waals surface area contributed by atoms with Gasteiger partial charge in [-0.2, -0.15) is 0 Å². The van der Waals surface area contributed by atoms with Crippen molar-refractivity contribution in [2.24, 2.45) is 5.73 Å². The molecule has 0 radical (unpaired) electrons. The summed E-state index contributed by atoms with van der Waals surface area (Å²) in [5, 5.41) is 8.05. The van der Waals surface area contributed by atoms with Gasteiger partial charge in [-0.15, -0.1) is 0 Å². The van der Waals surface area contributed by atoms with E-state index in [-0.39, 0.29) is 6.04 Å². The van der Waals surface area contributed by atoms with Crippen LogP contribution in [-0.4, -0.2) is 11.1 Å². The molecule has 1 unspecified atom stereocenters. The predicted molar refractivity (Wildman–Crippen MR) is 181 cm³/mol. The molecule has 1 aliphatic carbocycles. The molecular formula is C39H41N3. The van der Waals surface area contributed by atoms with Crippen LogP contribution in [0, 0.1) is 0 Å². The second-order valence-corrected chi connectivity index (χ2v) is 11.9. The Labute approximate surface area is 249 Å². The molecule has 0 amide bonds. The Morgan fingerprint density at radius 2 is 1.50 bits per heavy atom. The molecule has 0 bridgehead atoms. The molecule has 3 nitrogen and oxygen atoms in total. The van der Waals surface area contributed by atoms with Crippen LogP contribution in [0.15, 0.2) is 108 Å². The lowest BCUT2D eigenvalue weighted by Crippen LogP contribution is -2.24. The molecule has 0 spiro atoms. The molecule has 0 fully saturated rings. The minimum atomic E-state index is 0.248. The first-order valence-electron chi connectivity index (χ1n) is 15.9. The van der Waals surface area contributed by atoms with Crippen LogP contribution < -0.4 is 16.0 Å². The standard InChI is InChI=1S/C39H41N3/c1-3-5-25-41-33(31-15-7-11-27-13-9-17-35(41)37(27)31)23-21-29-19-20-30(39(29)40)22-24-34-32-16-8-12-28-14-10-18-36(38(28)32)42(34)26-6-4-2/h7-18,21-24,33H,3-6,19-20,25-26,40H2,1-2H3/b23-21+,30-22+,34-24+. The molecule has 1 aromatic heterocycles. The topological polar surface area (TPSA) is 34.2 Å². The van der Waals surface area contributed by atoms with Gasteiger partial charge in [-0.3, -0.25) is 0 Å². The van der Waals surface area contributed by atoms with Crippen LogP contribution in [0.5, 0.6) is 0 Å². The third-order valence-electron chi connectivity index (χ3n) is 9.38. The molecule has 2 N–H and O–H groups in total. The molecule has 0 saturated carbocycles. The van der Waals surface area contributed by atoms with E-state index in [4.69, 9.17) is 5.73 Å². The smallest absolute Gasteiger partial charge is 0.0736 e. The van der Waals surface area contributed by atoms with Gasteiger partial charge in [0.15, 0.2) is 0 Å². The maximum absolute atomic E-state index is 6.85. The molecule has 1 aliphatic heterocycles. The zero-order valence-corrected chi connectivity index (χ0v) is 24.9. The summed E-state index contributed by atoms with van der Waals surface area (Å²) in [6.07, 6.45) is 16.0. The summed E-state index contributed by atoms with van der Waals surface area (Å²) in [6.45, 7) is 6.64. The summed E-state index contributed by atoms with van der Waals surface area (Å²) in [6, 6.07) is 27.1. The lowest BCUT2D eigenvalue weighted by atomic mass is 10.0. The van der Waals surface area contributed by atoms with E-state index in [9.17, 15) is 0 Å². The molecular weight excluding hydrogens is 510 g/mol. The van der Waals surface area contributed by atoms with Crippen LogP contribution in [0.25, 0.3) is 38.5 Å². The van der Waals surface area contributed by atoms with Crippen LogP contribution in [0.2, 0.25) is 0 Å². The number of nitrogens with two attached hydrogens (primary N) is 1. The SMILES string of the molecule is CCCCN1c2cccc3cccc(c23)C1/C=C/C1=C(N)C(=C/C=c2\c3cccc4cccc(c43)n2CCCC)/CC1. The van der Waals surface area contributed by atoms with Gasteiger partial charge in [0.25, 0.3) is 0 Å². The summed E-state index contributed by atoms with van der Waals surface area (Å²) in [5.41, 5.74) is 14.4. The lowest BCUT2D eigenvalue weighted by Gasteiger charge is -2.26. The zero-order valence-electron chi connectivity index (χ0n) is 24.9. The Kier molecular flexibility index (Phi) is 7.11. The number of anilines is 1. The predicted octanol–water partition coefficient (Wildman–Crippen LogP) is 9.10. The van der Waals surface area contributed by atoms with Crippen LogP contribution in [0.1, 0.15) is 64.0 Å². The van der Waals surface area contributed by atoms with E-state index in [1.807, 2.05) is 0 Å². The molecule has 7 rings (SSSR count). The highest BCUT2D eigenvalue weighted by molar-refractivity contribution is 6.10. The summed E-state index contributed by atoms with van der Waals surface area (Å²) in [4.78, 5) is 2.59. The van der Waals surface area contributed by atoms with Gasteiger partial charge in [-0.05, 0) is 71.4 Å². The highest BCUT2D eigenvalue weighted by Crippen LogP contribution is 2.45. The second kappa shape index (κ2) is 11.2. The van der Waals surface area contributed by atoms with Crippen molar-refractivity contribution in [3.63, 3.8) is 0 Å². The Morgan fingerprint density at radius 1 is 0.786 bits per heavy atom. The largest absolute Gasteiger partial charge is 0.398 e. The Morgan fingerprint density at radius 3 is 2.31 bits per heavy atom. The van der Waals surface area contributed by atoms with Gasteiger partial charge in [0.05, 0.1) is 6.04 Å². The van der Waals surface area contributed by atoms with Gasteiger partial charge in [0.2, 0.25) is 0 Å². The number of rotatable bonds is 9. The minimum Gasteiger partial charge on any atom is -0.398 e. The highest BCUT2D eigenvalue weighted by Gasteiger charge is 2.29. The van der Waals surface area contributed by atoms with Crippen molar-refractivity contribution in [2.75, 3.05) is 11.4 Å². The fourth-order valence-corrected chi connectivity index (χ4v) is 7.20. The van der Waals surface area contributed by atoms with Crippen LogP contribution in [0.4, 0.5) is 5.69 Å². The van der Waals surface area contributed by atoms with E-state index >= 15 is 0 Å². The van der Waals surface area contributed by atoms with Crippen molar-refractivity contribution < 1.29 is 0 Å². The first-order valence-corrected chi connectivity index (χ1v) is 15.9. The van der Waals surface area contributed by atoms with Crippen molar-refractivity contribution in [3.8, 4) is 0 Å². The van der Waals surface area contributed by atoms with Crippen molar-refractivity contribution in [1.29, 1.82) is 0 Å². The van der Waals surface area contributed by atoms with Crippen molar-refractivity contribution in [3.05, 3.63) is 119 Å². The average Bonchev–Trinajstić information content (AvgIpc) is 3.64. The third kappa shape index (κ3) is 4.43. The summed E-state index contributed by atoms with van der Waals surface area (Å²) in [7, 11) is 0. The van der Waals surface area contributed by atoms with Crippen LogP contribution in [-0.2, 0) is 6.54 Å². The molecule has 5 aromatic rings. The lowest BCUT2D eigenvalue weighted by molar-refractivity contribution is 0.640. The molecule has 42 heavy (non-hydrogen) atoms. The van der Waals surface area contributed by atoms with Crippen molar-refractivity contribution in [1.82, 2.24) is 4.57 Å². The number of allylic oxidation sites excluding steroid dienone is 4. The monoisotopic (exact) mass is 551 g/mol. The van der Waals surface area contributed by atoms with Gasteiger partial charge in [-0.25, -0.2) is 0 Å². The molecule has 3 heteroatoms. The van der Waals surface area contributed by atoms with Crippen molar-refractivity contribution in [2.45, 2.75) is 65.0 Å². The van der Waals surface area contributed by atoms with E-state index in [1.165, 1.54) is 85.9 Å². The number of hydrogen-bond donors (Lipinski definition) is 1. The zero-order chi connectivity index (χ0) is 28.6. The third-order valence-corrected chi connectivity index (χ3v) is 9.38. The first kappa shape index (κ1) is 26.6. The fourth-order valence-electron chi connectivity index (χ4n) is 7.20. The normalized spacial score (nSPS) is 18.4. The Hall–Kier alpha value is -4.24. The van der Waals surface area contributed by atoms with Gasteiger partial charge in [0, 0.05) is 51.5 Å². The Balaban J connectivity index is 1.24. The molecule has 212 valence electrons. The van der Waals surface area contributed by atoms with Crippen LogP contribution >= 0.6 is 0 Å². The number of unbranched alkanes of at least 4 members (excludes halogenated alkanes) is 2. The number of aryl methyl sites for hydroxylation is 1. The minimum absolute atomic E-state index is 0.248. The number of benzene rings is 4. The van der Waals surface area contributed by atoms with E-state index < -0.39 is 0 Å². The first-order chi connectivity index (χ1) is 20.7. The number of nitrogens with zero attached hydrogens (tertiary/aromatic N) is 2. The fraction of sp³-hybridized carbons (Fsp3) is 0.282. The molecule has 2 aliphatic rings. The average molecular weight is 552 g/mol.